The van der Waals surface area contributed by atoms with E-state index in [2.05, 4.69) is 0 Å². The monoisotopic (exact) mass is 410 g/mol. The SMILES string of the molecule is CS(=O)(=O)[O-].Cn1c(C(F)(F)C(F)(F)C(F)(F)F)[n+](C)c2ccccc21. The zero-order valence-corrected chi connectivity index (χ0v) is 14.3. The van der Waals surface area contributed by atoms with Crippen LogP contribution in [0.1, 0.15) is 5.82 Å². The molecule has 13 heteroatoms. The Morgan fingerprint density at radius 1 is 1.04 bits per heavy atom. The lowest BCUT2D eigenvalue weighted by Crippen LogP contribution is -2.55. The molecule has 0 atom stereocenters. The average Bonchev–Trinajstić information content (AvgIpc) is 2.68. The Morgan fingerprint density at radius 3 is 1.85 bits per heavy atom. The number of benzene rings is 1. The van der Waals surface area contributed by atoms with Crippen molar-refractivity contribution >= 4 is 21.2 Å². The molecule has 26 heavy (non-hydrogen) atoms. The predicted molar refractivity (Wildman–Crippen MR) is 74.6 cm³/mol. The minimum atomic E-state index is -6.36. The fourth-order valence-electron chi connectivity index (χ4n) is 2.22. The highest BCUT2D eigenvalue weighted by atomic mass is 32.2. The zero-order valence-electron chi connectivity index (χ0n) is 13.5. The average molecular weight is 410 g/mol. The molecule has 1 aromatic carbocycles. The molecule has 2 rings (SSSR count). The second-order valence-corrected chi connectivity index (χ2v) is 6.69. The van der Waals surface area contributed by atoms with Gasteiger partial charge >= 0.3 is 23.8 Å². The minimum absolute atomic E-state index is 0.118. The summed E-state index contributed by atoms with van der Waals surface area (Å²) in [6.45, 7) is 0. The summed E-state index contributed by atoms with van der Waals surface area (Å²) in [4.78, 5) is 0. The summed E-state index contributed by atoms with van der Waals surface area (Å²) < 4.78 is 119. The van der Waals surface area contributed by atoms with Crippen molar-refractivity contribution < 1.29 is 48.3 Å². The Hall–Kier alpha value is -1.89. The summed E-state index contributed by atoms with van der Waals surface area (Å²) in [5.41, 5.74) is 0.236. The number of rotatable bonds is 2. The van der Waals surface area contributed by atoms with Crippen LogP contribution in [0.2, 0.25) is 0 Å². The van der Waals surface area contributed by atoms with Crippen LogP contribution < -0.4 is 4.57 Å². The number of fused-ring (bicyclic) bond motifs is 1. The summed E-state index contributed by atoms with van der Waals surface area (Å²) in [7, 11) is -1.89. The molecule has 148 valence electrons. The van der Waals surface area contributed by atoms with Gasteiger partial charge in [-0.1, -0.05) is 12.1 Å². The lowest BCUT2D eigenvalue weighted by atomic mass is 10.1. The number of nitrogens with zero attached hydrogens (tertiary/aromatic N) is 2. The molecule has 0 aliphatic heterocycles. The molecule has 2 aromatic rings. The standard InChI is InChI=1S/C12H10F7N2.CH4O3S/c1-20-7-5-3-4-6-8(7)21(2)9(20)10(13,14)11(15,16)12(17,18)19;1-5(2,3)4/h3-6H,1-2H3;1H3,(H,2,3,4)/q+1;/p-1. The molecule has 0 saturated heterocycles. The van der Waals surface area contributed by atoms with E-state index in [-0.39, 0.29) is 11.0 Å². The normalized spacial score (nSPS) is 13.5. The molecule has 0 radical (unpaired) electrons. The maximum Gasteiger partial charge on any atom is 0.460 e. The third-order valence-corrected chi connectivity index (χ3v) is 3.27. The summed E-state index contributed by atoms with van der Waals surface area (Å²) in [5, 5.41) is 0. The van der Waals surface area contributed by atoms with Gasteiger partial charge in [-0.2, -0.15) is 30.7 Å². The molecule has 0 unspecified atom stereocenters. The lowest BCUT2D eigenvalue weighted by molar-refractivity contribution is -0.668. The van der Waals surface area contributed by atoms with Crippen LogP contribution in [-0.4, -0.2) is 35.9 Å². The van der Waals surface area contributed by atoms with Gasteiger partial charge < -0.3 is 4.55 Å². The summed E-state index contributed by atoms with van der Waals surface area (Å²) in [5.74, 6) is -13.0. The third kappa shape index (κ3) is 4.09. The predicted octanol–water partition coefficient (Wildman–Crippen LogP) is 2.45. The van der Waals surface area contributed by atoms with E-state index in [1.807, 2.05) is 0 Å². The van der Waals surface area contributed by atoms with E-state index in [9.17, 15) is 30.7 Å². The first kappa shape index (κ1) is 22.2. The first-order chi connectivity index (χ1) is 11.4. The van der Waals surface area contributed by atoms with Gasteiger partial charge in [-0.05, 0) is 12.1 Å². The molecule has 0 aliphatic carbocycles. The molecule has 0 fully saturated rings. The molecule has 0 saturated carbocycles. The van der Waals surface area contributed by atoms with Crippen LogP contribution in [0.15, 0.2) is 24.3 Å². The first-order valence-corrected chi connectivity index (χ1v) is 8.41. The molecule has 1 aromatic heterocycles. The number of hydrogen-bond donors (Lipinski definition) is 0. The molecular weight excluding hydrogens is 397 g/mol. The van der Waals surface area contributed by atoms with Gasteiger partial charge in [0, 0.05) is 6.26 Å². The first-order valence-electron chi connectivity index (χ1n) is 6.60. The largest absolute Gasteiger partial charge is 0.748 e. The van der Waals surface area contributed by atoms with Gasteiger partial charge in [-0.25, -0.2) is 17.6 Å². The number of halogens is 7. The van der Waals surface area contributed by atoms with E-state index < -0.39 is 34.0 Å². The highest BCUT2D eigenvalue weighted by Gasteiger charge is 2.77. The third-order valence-electron chi connectivity index (χ3n) is 3.27. The van der Waals surface area contributed by atoms with Crippen molar-refractivity contribution in [1.29, 1.82) is 0 Å². The van der Waals surface area contributed by atoms with Crippen molar-refractivity contribution in [3.63, 3.8) is 0 Å². The lowest BCUT2D eigenvalue weighted by Gasteiger charge is -2.25. The second-order valence-electron chi connectivity index (χ2n) is 5.28. The number of imidazole rings is 1. The van der Waals surface area contributed by atoms with Gasteiger partial charge in [0.1, 0.15) is 0 Å². The number of aromatic nitrogens is 2. The van der Waals surface area contributed by atoms with E-state index in [1.165, 1.54) is 24.3 Å². The molecular formula is C13H13F7N2O3S. The molecule has 0 bridgehead atoms. The van der Waals surface area contributed by atoms with Crippen LogP contribution >= 0.6 is 0 Å². The van der Waals surface area contributed by atoms with Crippen LogP contribution in [0.5, 0.6) is 0 Å². The number of para-hydroxylation sites is 2. The van der Waals surface area contributed by atoms with Gasteiger partial charge in [0.15, 0.2) is 11.0 Å². The van der Waals surface area contributed by atoms with E-state index in [1.54, 1.807) is 0 Å². The zero-order chi connectivity index (χ0) is 20.7. The van der Waals surface area contributed by atoms with Crippen LogP contribution in [0.25, 0.3) is 11.0 Å². The Balaban J connectivity index is 0.000000597. The van der Waals surface area contributed by atoms with Crippen molar-refractivity contribution in [1.82, 2.24) is 4.57 Å². The Bertz CT molecular complexity index is 857. The van der Waals surface area contributed by atoms with Gasteiger partial charge in [0.05, 0.1) is 24.2 Å². The Morgan fingerprint density at radius 2 is 1.46 bits per heavy atom. The molecule has 0 aliphatic rings. The smallest absolute Gasteiger partial charge is 0.460 e. The Labute approximate surface area is 143 Å². The molecule has 1 heterocycles. The quantitative estimate of drug-likeness (QED) is 0.434. The van der Waals surface area contributed by atoms with Crippen LogP contribution in [0.4, 0.5) is 30.7 Å². The number of hydrogen-bond acceptors (Lipinski definition) is 3. The van der Waals surface area contributed by atoms with Crippen molar-refractivity contribution in [2.24, 2.45) is 14.1 Å². The summed E-state index contributed by atoms with van der Waals surface area (Å²) in [6.07, 6.45) is -5.76. The maximum absolute atomic E-state index is 13.9. The van der Waals surface area contributed by atoms with Crippen molar-refractivity contribution in [2.45, 2.75) is 18.0 Å². The van der Waals surface area contributed by atoms with Crippen molar-refractivity contribution in [2.75, 3.05) is 6.26 Å². The topological polar surface area (TPSA) is 66.0 Å². The fourth-order valence-corrected chi connectivity index (χ4v) is 2.22. The van der Waals surface area contributed by atoms with Gasteiger partial charge in [0.25, 0.3) is 0 Å². The van der Waals surface area contributed by atoms with Crippen molar-refractivity contribution in [3.8, 4) is 0 Å². The molecule has 0 N–H and O–H groups in total. The summed E-state index contributed by atoms with van der Waals surface area (Å²) in [6, 6.07) is 5.62. The van der Waals surface area contributed by atoms with E-state index in [4.69, 9.17) is 13.0 Å². The second kappa shape index (κ2) is 6.68. The maximum atomic E-state index is 13.9. The van der Waals surface area contributed by atoms with Crippen LogP contribution in [0.3, 0.4) is 0 Å². The summed E-state index contributed by atoms with van der Waals surface area (Å²) >= 11 is 0. The van der Waals surface area contributed by atoms with Gasteiger partial charge in [-0.3, -0.25) is 0 Å². The van der Waals surface area contributed by atoms with Crippen molar-refractivity contribution in [3.05, 3.63) is 30.1 Å². The van der Waals surface area contributed by atoms with Crippen LogP contribution in [-0.2, 0) is 30.1 Å². The number of aryl methyl sites for hydroxylation is 2. The fraction of sp³-hybridized carbons (Fsp3) is 0.462. The highest BCUT2D eigenvalue weighted by Crippen LogP contribution is 2.51. The van der Waals surface area contributed by atoms with E-state index in [0.717, 1.165) is 14.1 Å². The van der Waals surface area contributed by atoms with Gasteiger partial charge in [-0.15, -0.1) is 0 Å². The minimum Gasteiger partial charge on any atom is -0.748 e. The number of alkyl halides is 7. The van der Waals surface area contributed by atoms with Gasteiger partial charge in [0.2, 0.25) is 0 Å². The highest BCUT2D eigenvalue weighted by molar-refractivity contribution is 7.84. The molecule has 0 spiro atoms. The Kier molecular flexibility index (Phi) is 5.70. The molecule has 0 amide bonds. The van der Waals surface area contributed by atoms with Crippen LogP contribution in [0, 0.1) is 0 Å². The van der Waals surface area contributed by atoms with E-state index >= 15 is 0 Å². The van der Waals surface area contributed by atoms with E-state index in [0.29, 0.717) is 15.4 Å². The molecule has 5 nitrogen and oxygen atoms in total.